The molecule has 0 amide bonds. The molecule has 1 rings (SSSR count). The minimum Gasteiger partial charge on any atom is -0.491 e. The summed E-state index contributed by atoms with van der Waals surface area (Å²) in [6, 6.07) is 11.0. The Balaban J connectivity index is 2.07. The molecule has 0 unspecified atom stereocenters. The first-order valence-electron chi connectivity index (χ1n) is 4.69. The first-order chi connectivity index (χ1) is 6.43. The minimum absolute atomic E-state index is 0.258. The van der Waals surface area contributed by atoms with E-state index in [-0.39, 0.29) is 9.76 Å². The van der Waals surface area contributed by atoms with Gasteiger partial charge in [0.2, 0.25) is 0 Å². The molecule has 13 heavy (non-hydrogen) atoms. The zero-order chi connectivity index (χ0) is 9.36. The Morgan fingerprint density at radius 2 is 1.92 bits per heavy atom. The van der Waals surface area contributed by atoms with Gasteiger partial charge in [0, 0.05) is 0 Å². The molecule has 1 aromatic carbocycles. The van der Waals surface area contributed by atoms with Crippen LogP contribution in [0, 0.1) is 0 Å². The molecule has 0 aromatic heterocycles. The van der Waals surface area contributed by atoms with E-state index in [1.165, 1.54) is 6.04 Å². The van der Waals surface area contributed by atoms with Gasteiger partial charge in [0.05, 0.1) is 6.61 Å². The van der Waals surface area contributed by atoms with E-state index >= 15 is 0 Å². The highest BCUT2D eigenvalue weighted by molar-refractivity contribution is 6.26. The van der Waals surface area contributed by atoms with Gasteiger partial charge in [-0.2, -0.15) is 0 Å². The van der Waals surface area contributed by atoms with E-state index in [0.29, 0.717) is 6.61 Å². The van der Waals surface area contributed by atoms with Crippen molar-refractivity contribution >= 4 is 9.76 Å². The van der Waals surface area contributed by atoms with E-state index < -0.39 is 0 Å². The Morgan fingerprint density at radius 3 is 2.62 bits per heavy atom. The molecule has 0 saturated carbocycles. The van der Waals surface area contributed by atoms with Crippen molar-refractivity contribution in [3.8, 4) is 5.75 Å². The molecule has 0 aliphatic carbocycles. The molecule has 3 heteroatoms. The van der Waals surface area contributed by atoms with Crippen molar-refractivity contribution in [2.24, 2.45) is 0 Å². The first kappa shape index (κ1) is 10.3. The van der Waals surface area contributed by atoms with Crippen molar-refractivity contribution in [2.45, 2.75) is 13.0 Å². The summed E-state index contributed by atoms with van der Waals surface area (Å²) in [6.45, 7) is 3.55. The van der Waals surface area contributed by atoms with E-state index in [1.807, 2.05) is 30.3 Å². The average Bonchev–Trinajstić information content (AvgIpc) is 2.19. The predicted molar refractivity (Wildman–Crippen MR) is 56.9 cm³/mol. The Labute approximate surface area is 81.8 Å². The summed E-state index contributed by atoms with van der Waals surface area (Å²) < 4.78 is 10.9. The molecule has 0 radical (unpaired) electrons. The van der Waals surface area contributed by atoms with E-state index in [9.17, 15) is 0 Å². The maximum absolute atomic E-state index is 5.45. The summed E-state index contributed by atoms with van der Waals surface area (Å²) in [5.41, 5.74) is 0. The van der Waals surface area contributed by atoms with Crippen molar-refractivity contribution in [1.82, 2.24) is 0 Å². The molecule has 1 aromatic rings. The number of hydrogen-bond acceptors (Lipinski definition) is 2. The van der Waals surface area contributed by atoms with Gasteiger partial charge in [-0.25, -0.2) is 0 Å². The molecule has 0 fully saturated rings. The lowest BCUT2D eigenvalue weighted by molar-refractivity contribution is 0.223. The monoisotopic (exact) mass is 196 g/mol. The molecule has 0 spiro atoms. The number of rotatable bonds is 6. The maximum atomic E-state index is 5.45. The van der Waals surface area contributed by atoms with Gasteiger partial charge in [0.25, 0.3) is 0 Å². The fraction of sp³-hybridized carbons (Fsp3) is 0.400. The van der Waals surface area contributed by atoms with E-state index in [4.69, 9.17) is 9.16 Å². The van der Waals surface area contributed by atoms with Crippen LogP contribution < -0.4 is 4.74 Å². The summed E-state index contributed by atoms with van der Waals surface area (Å²) in [5.74, 6) is 0.921. The third-order valence-electron chi connectivity index (χ3n) is 1.59. The molecule has 0 heterocycles. The number of hydrogen-bond donors (Lipinski definition) is 0. The largest absolute Gasteiger partial charge is 0.491 e. The molecule has 0 bridgehead atoms. The van der Waals surface area contributed by atoms with Crippen LogP contribution in [0.5, 0.6) is 5.75 Å². The second kappa shape index (κ2) is 6.68. The van der Waals surface area contributed by atoms with Crippen LogP contribution in [0.2, 0.25) is 6.04 Å². The van der Waals surface area contributed by atoms with Gasteiger partial charge >= 0.3 is 0 Å². The smallest absolute Gasteiger partial charge is 0.161 e. The molecule has 2 nitrogen and oxygen atoms in total. The lowest BCUT2D eigenvalue weighted by atomic mass is 10.3. The van der Waals surface area contributed by atoms with Crippen LogP contribution in [0.25, 0.3) is 0 Å². The molecule has 0 atom stereocenters. The van der Waals surface area contributed by atoms with Gasteiger partial charge in [-0.1, -0.05) is 25.1 Å². The average molecular weight is 196 g/mol. The minimum atomic E-state index is -0.258. The zero-order valence-electron chi connectivity index (χ0n) is 8.03. The predicted octanol–water partition coefficient (Wildman–Crippen LogP) is 1.60. The number of benzene rings is 1. The van der Waals surface area contributed by atoms with Gasteiger partial charge in [-0.05, 0) is 18.2 Å². The van der Waals surface area contributed by atoms with Crippen LogP contribution in [0.1, 0.15) is 6.92 Å². The summed E-state index contributed by atoms with van der Waals surface area (Å²) in [4.78, 5) is 0. The number of para-hydroxylation sites is 1. The maximum Gasteiger partial charge on any atom is 0.161 e. The fourth-order valence-corrected chi connectivity index (χ4v) is 1.59. The third-order valence-corrected chi connectivity index (χ3v) is 2.57. The van der Waals surface area contributed by atoms with Crippen molar-refractivity contribution in [1.29, 1.82) is 0 Å². The summed E-state index contributed by atoms with van der Waals surface area (Å²) in [6.07, 6.45) is 0. The summed E-state index contributed by atoms with van der Waals surface area (Å²) >= 11 is 0. The molecule has 0 aliphatic rings. The Kier molecular flexibility index (Phi) is 5.29. The Morgan fingerprint density at radius 1 is 1.15 bits per heavy atom. The van der Waals surface area contributed by atoms with Gasteiger partial charge in [0.1, 0.15) is 12.4 Å². The topological polar surface area (TPSA) is 18.5 Å². The lowest BCUT2D eigenvalue weighted by Crippen LogP contribution is -2.08. The van der Waals surface area contributed by atoms with Crippen LogP contribution in [-0.2, 0) is 4.43 Å². The standard InChI is InChI=1S/C10H16O2Si/c1-2-13-12-9-8-11-10-6-4-3-5-7-10/h3-7H,2,8-9,13H2,1H3. The normalized spacial score (nSPS) is 10.8. The van der Waals surface area contributed by atoms with Crippen molar-refractivity contribution in [3.63, 3.8) is 0 Å². The van der Waals surface area contributed by atoms with Crippen LogP contribution in [0.3, 0.4) is 0 Å². The highest BCUT2D eigenvalue weighted by Crippen LogP contribution is 2.07. The Hall–Kier alpha value is -0.803. The first-order valence-corrected chi connectivity index (χ1v) is 6.27. The fourth-order valence-electron chi connectivity index (χ4n) is 0.982. The van der Waals surface area contributed by atoms with Gasteiger partial charge < -0.3 is 9.16 Å². The zero-order valence-corrected chi connectivity index (χ0v) is 9.45. The van der Waals surface area contributed by atoms with Crippen LogP contribution in [-0.4, -0.2) is 23.0 Å². The Bertz CT molecular complexity index is 213. The van der Waals surface area contributed by atoms with E-state index in [0.717, 1.165) is 12.4 Å². The van der Waals surface area contributed by atoms with E-state index in [1.54, 1.807) is 0 Å². The molecule has 0 saturated heterocycles. The summed E-state index contributed by atoms with van der Waals surface area (Å²) in [5, 5.41) is 0. The van der Waals surface area contributed by atoms with Crippen LogP contribution >= 0.6 is 0 Å². The molecule has 0 aliphatic heterocycles. The molecular formula is C10H16O2Si. The summed E-state index contributed by atoms with van der Waals surface area (Å²) in [7, 11) is -0.258. The third kappa shape index (κ3) is 4.70. The van der Waals surface area contributed by atoms with Crippen molar-refractivity contribution in [3.05, 3.63) is 30.3 Å². The molecule has 0 N–H and O–H groups in total. The highest BCUT2D eigenvalue weighted by Gasteiger charge is 1.90. The number of ether oxygens (including phenoxy) is 1. The molecular weight excluding hydrogens is 180 g/mol. The van der Waals surface area contributed by atoms with Crippen LogP contribution in [0.4, 0.5) is 0 Å². The SMILES string of the molecule is CC[SiH2]OCCOc1ccccc1. The van der Waals surface area contributed by atoms with Gasteiger partial charge in [-0.3, -0.25) is 0 Å². The van der Waals surface area contributed by atoms with E-state index in [2.05, 4.69) is 6.92 Å². The van der Waals surface area contributed by atoms with Crippen molar-refractivity contribution in [2.75, 3.05) is 13.2 Å². The second-order valence-electron chi connectivity index (χ2n) is 2.77. The van der Waals surface area contributed by atoms with Gasteiger partial charge in [0.15, 0.2) is 9.76 Å². The molecule has 72 valence electrons. The quantitative estimate of drug-likeness (QED) is 0.508. The van der Waals surface area contributed by atoms with Gasteiger partial charge in [-0.15, -0.1) is 0 Å². The second-order valence-corrected chi connectivity index (χ2v) is 4.59. The van der Waals surface area contributed by atoms with Crippen molar-refractivity contribution < 1.29 is 9.16 Å². The lowest BCUT2D eigenvalue weighted by Gasteiger charge is -2.05. The van der Waals surface area contributed by atoms with Crippen LogP contribution in [0.15, 0.2) is 30.3 Å². The highest BCUT2D eigenvalue weighted by atomic mass is 28.2.